The molecule has 1 amide bonds. The third-order valence-electron chi connectivity index (χ3n) is 3.85. The van der Waals surface area contributed by atoms with Crippen LogP contribution in [0.3, 0.4) is 0 Å². The lowest BCUT2D eigenvalue weighted by Gasteiger charge is -2.05. The molecule has 0 bridgehead atoms. The Balaban J connectivity index is 1.65. The Morgan fingerprint density at radius 2 is 2.04 bits per heavy atom. The smallest absolute Gasteiger partial charge is 0.293 e. The topological polar surface area (TPSA) is 89.3 Å². The summed E-state index contributed by atoms with van der Waals surface area (Å²) in [4.78, 5) is 41.2. The fourth-order valence-electron chi connectivity index (χ4n) is 2.70. The van der Waals surface area contributed by atoms with Gasteiger partial charge in [0.05, 0.1) is 16.0 Å². The Morgan fingerprint density at radius 1 is 1.21 bits per heavy atom. The second-order valence-corrected chi connectivity index (χ2v) is 6.50. The van der Waals surface area contributed by atoms with E-state index in [4.69, 9.17) is 4.42 Å². The lowest BCUT2D eigenvalue weighted by molar-refractivity contribution is 0.0974. The number of amides is 1. The fourth-order valence-corrected chi connectivity index (χ4v) is 3.67. The summed E-state index contributed by atoms with van der Waals surface area (Å²) >= 11 is 1.16. The molecular formula is C17H12N2O4S. The standard InChI is InChI=1S/C17H12N2O4S/c20-11-6-3-5-10-15(11)24-17(18-10)19-16(22)14-8-12(21)9-4-1-2-7-13(9)23-14/h1-2,4,7-8H,3,5-6H2,(H,18,19,22). The molecule has 1 aliphatic rings. The highest BCUT2D eigenvalue weighted by molar-refractivity contribution is 7.17. The molecular weight excluding hydrogens is 328 g/mol. The molecule has 1 N–H and O–H groups in total. The number of thiazole rings is 1. The molecule has 6 nitrogen and oxygen atoms in total. The SMILES string of the molecule is O=C(Nc1nc2c(s1)C(=O)CCC2)c1cc(=O)c2ccccc2o1. The van der Waals surface area contributed by atoms with Crippen molar-refractivity contribution in [3.05, 3.63) is 56.9 Å². The number of anilines is 1. The number of fused-ring (bicyclic) bond motifs is 2. The van der Waals surface area contributed by atoms with E-state index in [9.17, 15) is 14.4 Å². The number of aryl methyl sites for hydroxylation is 1. The summed E-state index contributed by atoms with van der Waals surface area (Å²) in [5, 5.41) is 3.38. The number of hydrogen-bond acceptors (Lipinski definition) is 6. The van der Waals surface area contributed by atoms with Crippen molar-refractivity contribution in [1.82, 2.24) is 4.98 Å². The number of nitrogens with zero attached hydrogens (tertiary/aromatic N) is 1. The quantitative estimate of drug-likeness (QED) is 0.774. The number of aromatic nitrogens is 1. The maximum Gasteiger partial charge on any atom is 0.293 e. The molecule has 2 aromatic heterocycles. The van der Waals surface area contributed by atoms with Gasteiger partial charge in [-0.1, -0.05) is 23.5 Å². The predicted octanol–water partition coefficient (Wildman–Crippen LogP) is 3.02. The van der Waals surface area contributed by atoms with Crippen LogP contribution in [-0.4, -0.2) is 16.7 Å². The van der Waals surface area contributed by atoms with Crippen LogP contribution < -0.4 is 10.7 Å². The van der Waals surface area contributed by atoms with Gasteiger partial charge < -0.3 is 4.42 Å². The molecule has 4 rings (SSSR count). The number of carbonyl (C=O) groups excluding carboxylic acids is 2. The first-order valence-electron chi connectivity index (χ1n) is 7.49. The van der Waals surface area contributed by atoms with Crippen LogP contribution in [0.4, 0.5) is 5.13 Å². The average molecular weight is 340 g/mol. The van der Waals surface area contributed by atoms with Crippen molar-refractivity contribution < 1.29 is 14.0 Å². The molecule has 3 aromatic rings. The molecule has 0 atom stereocenters. The molecule has 0 unspecified atom stereocenters. The van der Waals surface area contributed by atoms with E-state index in [0.29, 0.717) is 27.4 Å². The van der Waals surface area contributed by atoms with Gasteiger partial charge >= 0.3 is 0 Å². The summed E-state index contributed by atoms with van der Waals surface area (Å²) in [6.45, 7) is 0. The van der Waals surface area contributed by atoms with Crippen LogP contribution in [0, 0.1) is 0 Å². The van der Waals surface area contributed by atoms with Crippen LogP contribution in [0.2, 0.25) is 0 Å². The van der Waals surface area contributed by atoms with Crippen LogP contribution >= 0.6 is 11.3 Å². The molecule has 7 heteroatoms. The molecule has 1 aromatic carbocycles. The van der Waals surface area contributed by atoms with Crippen LogP contribution in [0.15, 0.2) is 39.5 Å². The van der Waals surface area contributed by atoms with E-state index in [1.807, 2.05) is 0 Å². The zero-order valence-corrected chi connectivity index (χ0v) is 13.3. The first-order valence-corrected chi connectivity index (χ1v) is 8.30. The number of rotatable bonds is 2. The van der Waals surface area contributed by atoms with E-state index in [-0.39, 0.29) is 17.0 Å². The van der Waals surface area contributed by atoms with Crippen molar-refractivity contribution in [2.75, 3.05) is 5.32 Å². The first-order chi connectivity index (χ1) is 11.6. The molecule has 120 valence electrons. The summed E-state index contributed by atoms with van der Waals surface area (Å²) in [5.41, 5.74) is 0.797. The Hall–Kier alpha value is -2.80. The highest BCUT2D eigenvalue weighted by Crippen LogP contribution is 2.29. The van der Waals surface area contributed by atoms with Crippen molar-refractivity contribution in [2.45, 2.75) is 19.3 Å². The highest BCUT2D eigenvalue weighted by Gasteiger charge is 2.23. The Labute approximate surface area is 140 Å². The number of benzene rings is 1. The van der Waals surface area contributed by atoms with E-state index in [0.717, 1.165) is 35.9 Å². The second kappa shape index (κ2) is 5.68. The largest absolute Gasteiger partial charge is 0.451 e. The monoisotopic (exact) mass is 340 g/mol. The van der Waals surface area contributed by atoms with Gasteiger partial charge in [0.15, 0.2) is 22.1 Å². The zero-order valence-electron chi connectivity index (χ0n) is 12.5. The molecule has 0 radical (unpaired) electrons. The summed E-state index contributed by atoms with van der Waals surface area (Å²) < 4.78 is 5.50. The van der Waals surface area contributed by atoms with Gasteiger partial charge in [-0.2, -0.15) is 0 Å². The van der Waals surface area contributed by atoms with Crippen LogP contribution in [0.5, 0.6) is 0 Å². The average Bonchev–Trinajstić information content (AvgIpc) is 2.99. The van der Waals surface area contributed by atoms with E-state index >= 15 is 0 Å². The van der Waals surface area contributed by atoms with Crippen molar-refractivity contribution >= 4 is 39.1 Å². The van der Waals surface area contributed by atoms with Gasteiger partial charge in [0.1, 0.15) is 5.58 Å². The van der Waals surface area contributed by atoms with Crippen molar-refractivity contribution in [3.8, 4) is 0 Å². The van der Waals surface area contributed by atoms with E-state index in [1.165, 1.54) is 0 Å². The molecule has 1 aliphatic carbocycles. The number of ketones is 1. The van der Waals surface area contributed by atoms with E-state index < -0.39 is 5.91 Å². The minimum atomic E-state index is -0.559. The third-order valence-corrected chi connectivity index (χ3v) is 4.90. The van der Waals surface area contributed by atoms with Gasteiger partial charge in [0, 0.05) is 12.5 Å². The van der Waals surface area contributed by atoms with Gasteiger partial charge in [-0.25, -0.2) is 4.98 Å². The second-order valence-electron chi connectivity index (χ2n) is 5.50. The van der Waals surface area contributed by atoms with Crippen molar-refractivity contribution in [3.63, 3.8) is 0 Å². The number of nitrogens with one attached hydrogen (secondary N) is 1. The van der Waals surface area contributed by atoms with Gasteiger partial charge in [-0.3, -0.25) is 19.7 Å². The molecule has 0 spiro atoms. The number of Topliss-reactive ketones (excluding diaryl/α,β-unsaturated/α-hetero) is 1. The van der Waals surface area contributed by atoms with Gasteiger partial charge in [0.25, 0.3) is 5.91 Å². The Morgan fingerprint density at radius 3 is 2.88 bits per heavy atom. The minimum absolute atomic E-state index is 0.0616. The summed E-state index contributed by atoms with van der Waals surface area (Å²) in [6, 6.07) is 7.90. The number of para-hydroxylation sites is 1. The van der Waals surface area contributed by atoms with Crippen LogP contribution in [-0.2, 0) is 6.42 Å². The lowest BCUT2D eigenvalue weighted by atomic mass is 10.0. The zero-order chi connectivity index (χ0) is 16.7. The lowest BCUT2D eigenvalue weighted by Crippen LogP contribution is -2.14. The van der Waals surface area contributed by atoms with E-state index in [1.54, 1.807) is 24.3 Å². The highest BCUT2D eigenvalue weighted by atomic mass is 32.1. The Kier molecular flexibility index (Phi) is 3.50. The fraction of sp³-hybridized carbons (Fsp3) is 0.176. The maximum atomic E-state index is 12.3. The Bertz CT molecular complexity index is 1030. The molecule has 0 saturated carbocycles. The van der Waals surface area contributed by atoms with Crippen molar-refractivity contribution in [1.29, 1.82) is 0 Å². The maximum absolute atomic E-state index is 12.3. The predicted molar refractivity (Wildman–Crippen MR) is 89.8 cm³/mol. The molecule has 0 aliphatic heterocycles. The summed E-state index contributed by atoms with van der Waals surface area (Å²) in [7, 11) is 0. The van der Waals surface area contributed by atoms with Crippen LogP contribution in [0.25, 0.3) is 11.0 Å². The number of hydrogen-bond donors (Lipinski definition) is 1. The van der Waals surface area contributed by atoms with Gasteiger partial charge in [-0.15, -0.1) is 0 Å². The van der Waals surface area contributed by atoms with Crippen LogP contribution in [0.1, 0.15) is 38.8 Å². The van der Waals surface area contributed by atoms with E-state index in [2.05, 4.69) is 10.3 Å². The van der Waals surface area contributed by atoms with Crippen molar-refractivity contribution in [2.24, 2.45) is 0 Å². The molecule has 0 fully saturated rings. The van der Waals surface area contributed by atoms with Gasteiger partial charge in [0.2, 0.25) is 0 Å². The molecule has 2 heterocycles. The molecule has 24 heavy (non-hydrogen) atoms. The summed E-state index contributed by atoms with van der Waals surface area (Å²) in [6.07, 6.45) is 2.03. The first kappa shape index (κ1) is 14.8. The van der Waals surface area contributed by atoms with Gasteiger partial charge in [-0.05, 0) is 25.0 Å². The normalized spacial score (nSPS) is 13.8. The molecule has 0 saturated heterocycles. The summed E-state index contributed by atoms with van der Waals surface area (Å²) in [5.74, 6) is -0.582. The third kappa shape index (κ3) is 2.52. The minimum Gasteiger partial charge on any atom is -0.451 e. The number of carbonyl (C=O) groups is 2.